The minimum atomic E-state index is -0.787. The Morgan fingerprint density at radius 2 is 1.90 bits per heavy atom. The highest BCUT2D eigenvalue weighted by molar-refractivity contribution is 6.46. The molecular weight excluding hydrogens is 534 g/mol. The number of aryl methyl sites for hydroxylation is 1. The van der Waals surface area contributed by atoms with Gasteiger partial charge in [0.2, 0.25) is 0 Å². The molecule has 1 amide bonds. The van der Waals surface area contributed by atoms with Gasteiger partial charge in [-0.25, -0.2) is 4.98 Å². The predicted octanol–water partition coefficient (Wildman–Crippen LogP) is 5.69. The maximum absolute atomic E-state index is 13.6. The second-order valence-corrected chi connectivity index (χ2v) is 10.8. The number of aromatic nitrogens is 2. The van der Waals surface area contributed by atoms with E-state index in [-0.39, 0.29) is 17.4 Å². The van der Waals surface area contributed by atoms with Gasteiger partial charge in [-0.15, -0.1) is 0 Å². The molecule has 2 aliphatic rings. The Morgan fingerprint density at radius 1 is 1.05 bits per heavy atom. The second kappa shape index (κ2) is 13.1. The normalized spacial score (nSPS) is 19.2. The number of Topliss-reactive ketones (excluding diaryl/α,β-unsaturated/α-hetero) is 1. The number of carbonyl (C=O) groups excluding carboxylic acids is 2. The molecule has 9 nitrogen and oxygen atoms in total. The van der Waals surface area contributed by atoms with E-state index in [1.807, 2.05) is 54.9 Å². The smallest absolute Gasteiger partial charge is 0.295 e. The van der Waals surface area contributed by atoms with Crippen LogP contribution in [0.15, 0.2) is 60.7 Å². The molecule has 5 rings (SSSR count). The third-order valence-corrected chi connectivity index (χ3v) is 7.67. The lowest BCUT2D eigenvalue weighted by Gasteiger charge is -2.26. The molecule has 2 aromatic carbocycles. The van der Waals surface area contributed by atoms with Crippen LogP contribution in [-0.2, 0) is 22.6 Å². The van der Waals surface area contributed by atoms with Crippen LogP contribution in [-0.4, -0.2) is 57.1 Å². The molecule has 0 aliphatic carbocycles. The van der Waals surface area contributed by atoms with Crippen LogP contribution >= 0.6 is 0 Å². The van der Waals surface area contributed by atoms with E-state index in [2.05, 4.69) is 11.9 Å². The van der Waals surface area contributed by atoms with Crippen molar-refractivity contribution in [2.45, 2.75) is 71.6 Å². The first-order valence-electron chi connectivity index (χ1n) is 14.8. The van der Waals surface area contributed by atoms with Gasteiger partial charge < -0.3 is 28.8 Å². The molecule has 222 valence electrons. The Morgan fingerprint density at radius 3 is 2.67 bits per heavy atom. The molecule has 0 saturated carbocycles. The van der Waals surface area contributed by atoms with Crippen LogP contribution in [0.1, 0.15) is 69.2 Å². The zero-order chi connectivity index (χ0) is 29.6. The van der Waals surface area contributed by atoms with Crippen molar-refractivity contribution in [3.05, 3.63) is 77.4 Å². The Balaban J connectivity index is 1.52. The van der Waals surface area contributed by atoms with E-state index in [9.17, 15) is 14.7 Å². The fraction of sp³-hybridized carbons (Fsp3) is 0.424. The van der Waals surface area contributed by atoms with Crippen LogP contribution in [0.25, 0.3) is 5.76 Å². The third-order valence-electron chi connectivity index (χ3n) is 7.67. The predicted molar refractivity (Wildman–Crippen MR) is 159 cm³/mol. The van der Waals surface area contributed by atoms with Crippen LogP contribution in [0.2, 0.25) is 0 Å². The number of aliphatic hydroxyl groups excluding tert-OH is 1. The van der Waals surface area contributed by atoms with Gasteiger partial charge in [-0.2, -0.15) is 0 Å². The minimum absolute atomic E-state index is 0.0400. The number of hydrogen-bond donors (Lipinski definition) is 1. The molecule has 1 fully saturated rings. The van der Waals surface area contributed by atoms with Crippen molar-refractivity contribution in [3.8, 4) is 17.2 Å². The van der Waals surface area contributed by atoms with E-state index in [1.54, 1.807) is 23.5 Å². The summed E-state index contributed by atoms with van der Waals surface area (Å²) in [5, 5.41) is 11.6. The summed E-state index contributed by atoms with van der Waals surface area (Å²) >= 11 is 0. The number of rotatable bonds is 13. The van der Waals surface area contributed by atoms with Gasteiger partial charge in [0.05, 0.1) is 31.2 Å². The minimum Gasteiger partial charge on any atom is -0.507 e. The number of hydrogen-bond acceptors (Lipinski definition) is 7. The van der Waals surface area contributed by atoms with Crippen LogP contribution in [0.3, 0.4) is 0 Å². The molecule has 1 saturated heterocycles. The molecule has 0 spiro atoms. The van der Waals surface area contributed by atoms with Crippen LogP contribution in [0.4, 0.5) is 0 Å². The molecule has 2 aliphatic heterocycles. The maximum Gasteiger partial charge on any atom is 0.295 e. The van der Waals surface area contributed by atoms with Crippen molar-refractivity contribution >= 4 is 17.4 Å². The summed E-state index contributed by atoms with van der Waals surface area (Å²) in [6.45, 7) is 7.97. The van der Waals surface area contributed by atoms with E-state index in [1.165, 1.54) is 0 Å². The number of amides is 1. The molecule has 0 bridgehead atoms. The largest absolute Gasteiger partial charge is 0.507 e. The number of nitrogens with zero attached hydrogens (tertiary/aromatic N) is 3. The van der Waals surface area contributed by atoms with Gasteiger partial charge in [0.15, 0.2) is 11.5 Å². The van der Waals surface area contributed by atoms with Gasteiger partial charge in [0.1, 0.15) is 17.6 Å². The molecule has 2 atom stereocenters. The van der Waals surface area contributed by atoms with E-state index < -0.39 is 17.7 Å². The van der Waals surface area contributed by atoms with Crippen molar-refractivity contribution in [2.75, 3.05) is 19.8 Å². The third kappa shape index (κ3) is 6.15. The number of ether oxygens (including phenoxy) is 3. The zero-order valence-corrected chi connectivity index (χ0v) is 24.5. The molecule has 42 heavy (non-hydrogen) atoms. The van der Waals surface area contributed by atoms with Crippen LogP contribution < -0.4 is 14.2 Å². The van der Waals surface area contributed by atoms with Crippen molar-refractivity contribution in [1.82, 2.24) is 14.5 Å². The van der Waals surface area contributed by atoms with Crippen molar-refractivity contribution < 1.29 is 28.9 Å². The van der Waals surface area contributed by atoms with Crippen molar-refractivity contribution in [2.24, 2.45) is 0 Å². The molecule has 1 N–H and O–H groups in total. The molecule has 1 aromatic heterocycles. The summed E-state index contributed by atoms with van der Waals surface area (Å²) in [4.78, 5) is 32.7. The lowest BCUT2D eigenvalue weighted by atomic mass is 9.94. The zero-order valence-electron chi connectivity index (χ0n) is 24.5. The molecule has 9 heteroatoms. The van der Waals surface area contributed by atoms with Gasteiger partial charge >= 0.3 is 0 Å². The number of unbranched alkanes of at least 4 members (excludes halogenated alkanes) is 2. The molecule has 0 radical (unpaired) electrons. The molecule has 3 aromatic rings. The first-order chi connectivity index (χ1) is 20.4. The highest BCUT2D eigenvalue weighted by Crippen LogP contribution is 2.43. The number of ketones is 1. The average Bonchev–Trinajstić information content (AvgIpc) is 3.70. The number of imidazole rings is 1. The van der Waals surface area contributed by atoms with Gasteiger partial charge in [-0.3, -0.25) is 9.59 Å². The SMILES string of the molecule is CCCCCOc1ccc([C@@H]2C(=C(O)c3ccc4c(c3)C[C@H](C)O4)C(=O)C(=O)N2CCCn2ccnc2)cc1OCC. The molecule has 3 heterocycles. The van der Waals surface area contributed by atoms with E-state index in [4.69, 9.17) is 14.2 Å². The van der Waals surface area contributed by atoms with E-state index >= 15 is 0 Å². The van der Waals surface area contributed by atoms with Crippen molar-refractivity contribution in [3.63, 3.8) is 0 Å². The Bertz CT molecular complexity index is 1450. The first kappa shape index (κ1) is 29.2. The van der Waals surface area contributed by atoms with Gasteiger partial charge in [-0.05, 0) is 68.1 Å². The number of fused-ring (bicyclic) bond motifs is 1. The Kier molecular flexibility index (Phi) is 9.15. The quantitative estimate of drug-likeness (QED) is 0.121. The second-order valence-electron chi connectivity index (χ2n) is 10.8. The van der Waals surface area contributed by atoms with Crippen LogP contribution in [0, 0.1) is 0 Å². The first-order valence-corrected chi connectivity index (χ1v) is 14.8. The summed E-state index contributed by atoms with van der Waals surface area (Å²) in [6.07, 6.45) is 9.74. The number of carbonyl (C=O) groups is 2. The van der Waals surface area contributed by atoms with Gasteiger partial charge in [-0.1, -0.05) is 25.8 Å². The molecular formula is C33H39N3O6. The topological polar surface area (TPSA) is 103 Å². The Labute approximate surface area is 246 Å². The number of likely N-dealkylation sites (tertiary alicyclic amines) is 1. The van der Waals surface area contributed by atoms with E-state index in [0.717, 1.165) is 30.6 Å². The fourth-order valence-corrected chi connectivity index (χ4v) is 5.64. The van der Waals surface area contributed by atoms with E-state index in [0.29, 0.717) is 61.8 Å². The fourth-order valence-electron chi connectivity index (χ4n) is 5.64. The average molecular weight is 574 g/mol. The summed E-state index contributed by atoms with van der Waals surface area (Å²) in [5.74, 6) is 0.383. The maximum atomic E-state index is 13.6. The standard InChI is InChI=1S/C33H39N3O6/c1-4-6-7-17-41-27-12-9-23(20-28(27)40-5-2)30-29(31(37)24-10-11-26-25(19-24)18-22(3)42-26)32(38)33(39)36(30)15-8-14-35-16-13-34-21-35/h9-13,16,19-22,30,37H,4-8,14-15,17-18H2,1-3H3/t22-,30+/m0/s1. The highest BCUT2D eigenvalue weighted by atomic mass is 16.5. The summed E-state index contributed by atoms with van der Waals surface area (Å²) in [6, 6.07) is 10.1. The lowest BCUT2D eigenvalue weighted by molar-refractivity contribution is -0.139. The van der Waals surface area contributed by atoms with Crippen LogP contribution in [0.5, 0.6) is 17.2 Å². The number of aliphatic hydroxyl groups is 1. The summed E-state index contributed by atoms with van der Waals surface area (Å²) < 4.78 is 19.7. The monoisotopic (exact) mass is 573 g/mol. The summed E-state index contributed by atoms with van der Waals surface area (Å²) in [7, 11) is 0. The summed E-state index contributed by atoms with van der Waals surface area (Å²) in [5.41, 5.74) is 2.17. The Hall–Kier alpha value is -4.27. The molecule has 0 unspecified atom stereocenters. The number of benzene rings is 2. The lowest BCUT2D eigenvalue weighted by Crippen LogP contribution is -2.31. The van der Waals surface area contributed by atoms with Gasteiger partial charge in [0.25, 0.3) is 11.7 Å². The van der Waals surface area contributed by atoms with Crippen molar-refractivity contribution in [1.29, 1.82) is 0 Å². The highest BCUT2D eigenvalue weighted by Gasteiger charge is 2.46. The van der Waals surface area contributed by atoms with Gasteiger partial charge in [0, 0.05) is 37.5 Å².